The van der Waals surface area contributed by atoms with Crippen LogP contribution in [0.5, 0.6) is 0 Å². The van der Waals surface area contributed by atoms with Crippen LogP contribution in [0.1, 0.15) is 46.8 Å². The molecule has 1 saturated heterocycles. The maximum Gasteiger partial charge on any atom is 0.286 e. The monoisotopic (exact) mass is 400 g/mol. The van der Waals surface area contributed by atoms with Crippen molar-refractivity contribution in [1.29, 1.82) is 0 Å². The molecule has 2 N–H and O–H groups in total. The molecule has 0 saturated carbocycles. The van der Waals surface area contributed by atoms with E-state index >= 15 is 0 Å². The third-order valence-electron chi connectivity index (χ3n) is 4.58. The Hall–Kier alpha value is -2.67. The lowest BCUT2D eigenvalue weighted by atomic mass is 10.0. The number of nitrogens with one attached hydrogen (secondary N) is 2. The van der Waals surface area contributed by atoms with Gasteiger partial charge in [0.2, 0.25) is 5.91 Å². The van der Waals surface area contributed by atoms with E-state index in [9.17, 15) is 18.8 Å². The van der Waals surface area contributed by atoms with Crippen molar-refractivity contribution in [3.63, 3.8) is 0 Å². The van der Waals surface area contributed by atoms with Crippen LogP contribution in [0.4, 0.5) is 9.18 Å². The van der Waals surface area contributed by atoms with Crippen molar-refractivity contribution in [3.8, 4) is 0 Å². The fourth-order valence-electron chi connectivity index (χ4n) is 2.93. The van der Waals surface area contributed by atoms with Gasteiger partial charge < -0.3 is 5.32 Å². The highest BCUT2D eigenvalue weighted by Crippen LogP contribution is 2.24. The molecule has 7 heteroatoms. The average Bonchev–Trinajstić information content (AvgIpc) is 2.98. The van der Waals surface area contributed by atoms with Crippen molar-refractivity contribution in [2.45, 2.75) is 38.0 Å². The predicted molar refractivity (Wildman–Crippen MR) is 107 cm³/mol. The number of carbonyl (C=O) groups is 3. The molecule has 5 nitrogen and oxygen atoms in total. The minimum absolute atomic E-state index is 0.0351. The lowest BCUT2D eigenvalue weighted by molar-refractivity contribution is -0.118. The molecule has 0 bridgehead atoms. The van der Waals surface area contributed by atoms with E-state index in [1.54, 1.807) is 24.3 Å². The third-order valence-corrected chi connectivity index (χ3v) is 5.56. The molecule has 1 atom stereocenters. The van der Waals surface area contributed by atoms with E-state index in [1.807, 2.05) is 12.1 Å². The number of halogens is 1. The highest BCUT2D eigenvalue weighted by Gasteiger charge is 2.31. The molecule has 0 aliphatic carbocycles. The van der Waals surface area contributed by atoms with E-state index in [2.05, 4.69) is 24.5 Å². The van der Waals surface area contributed by atoms with Crippen molar-refractivity contribution in [2.24, 2.45) is 0 Å². The molecule has 1 aliphatic heterocycles. The molecule has 3 amide bonds. The van der Waals surface area contributed by atoms with Crippen LogP contribution in [-0.2, 0) is 17.8 Å². The lowest BCUT2D eigenvalue weighted by Crippen LogP contribution is -2.25. The first-order valence-electron chi connectivity index (χ1n) is 9.00. The van der Waals surface area contributed by atoms with Crippen molar-refractivity contribution < 1.29 is 18.8 Å². The zero-order valence-electron chi connectivity index (χ0n) is 15.6. The fraction of sp³-hybridized carbons (Fsp3) is 0.286. The molecular weight excluding hydrogens is 379 g/mol. The SMILES string of the molecule is CC(C)c1ccc(C(=O)NCc2cc(CC3SC(=O)NC3=O)ccc2F)cc1. The van der Waals surface area contributed by atoms with E-state index in [1.165, 1.54) is 6.07 Å². The highest BCUT2D eigenvalue weighted by molar-refractivity contribution is 8.15. The molecule has 0 spiro atoms. The molecule has 2 aromatic rings. The summed E-state index contributed by atoms with van der Waals surface area (Å²) >= 11 is 0.934. The summed E-state index contributed by atoms with van der Waals surface area (Å²) < 4.78 is 14.1. The summed E-state index contributed by atoms with van der Waals surface area (Å²) in [7, 11) is 0. The van der Waals surface area contributed by atoms with E-state index < -0.39 is 11.1 Å². The molecule has 0 aromatic heterocycles. The van der Waals surface area contributed by atoms with Gasteiger partial charge >= 0.3 is 0 Å². The van der Waals surface area contributed by atoms with Crippen LogP contribution in [0.25, 0.3) is 0 Å². The Morgan fingerprint density at radius 1 is 1.18 bits per heavy atom. The minimum atomic E-state index is -0.514. The third kappa shape index (κ3) is 4.78. The predicted octanol–water partition coefficient (Wildman–Crippen LogP) is 3.77. The number of hydrogen-bond acceptors (Lipinski definition) is 4. The van der Waals surface area contributed by atoms with Gasteiger partial charge in [0.05, 0.1) is 5.25 Å². The number of carbonyl (C=O) groups excluding carboxylic acids is 3. The number of amides is 3. The second-order valence-corrected chi connectivity index (χ2v) is 8.15. The van der Waals surface area contributed by atoms with Crippen LogP contribution >= 0.6 is 11.8 Å². The molecule has 1 fully saturated rings. The van der Waals surface area contributed by atoms with Gasteiger partial charge in [-0.15, -0.1) is 0 Å². The average molecular weight is 400 g/mol. The maximum atomic E-state index is 14.1. The molecule has 3 rings (SSSR count). The second-order valence-electron chi connectivity index (χ2n) is 6.97. The van der Waals surface area contributed by atoms with Gasteiger partial charge in [0.1, 0.15) is 5.82 Å². The van der Waals surface area contributed by atoms with Crippen LogP contribution in [0.15, 0.2) is 42.5 Å². The summed E-state index contributed by atoms with van der Waals surface area (Å²) in [5.41, 5.74) is 2.72. The number of imide groups is 1. The van der Waals surface area contributed by atoms with Crippen molar-refractivity contribution in [3.05, 3.63) is 70.5 Å². The van der Waals surface area contributed by atoms with Gasteiger partial charge in [0.15, 0.2) is 0 Å². The Balaban J connectivity index is 1.64. The molecule has 2 aromatic carbocycles. The number of rotatable bonds is 6. The van der Waals surface area contributed by atoms with Gasteiger partial charge in [-0.3, -0.25) is 19.7 Å². The standard InChI is InChI=1S/C21H21FN2O3S/c1-12(2)14-4-6-15(7-5-14)19(25)23-11-16-9-13(3-8-17(16)22)10-18-20(26)24-21(27)28-18/h3-9,12,18H,10-11H2,1-2H3,(H,23,25)(H,24,26,27). The van der Waals surface area contributed by atoms with Gasteiger partial charge in [-0.1, -0.05) is 49.9 Å². The zero-order valence-corrected chi connectivity index (χ0v) is 16.4. The Kier molecular flexibility index (Phi) is 6.14. The molecule has 146 valence electrons. The van der Waals surface area contributed by atoms with Crippen LogP contribution < -0.4 is 10.6 Å². The molecule has 0 radical (unpaired) electrons. The van der Waals surface area contributed by atoms with Crippen LogP contribution in [0.3, 0.4) is 0 Å². The molecular formula is C21H21FN2O3S. The van der Waals surface area contributed by atoms with Gasteiger partial charge in [-0.25, -0.2) is 4.39 Å². The first-order valence-corrected chi connectivity index (χ1v) is 9.88. The smallest absolute Gasteiger partial charge is 0.286 e. The van der Waals surface area contributed by atoms with Gasteiger partial charge in [-0.2, -0.15) is 0 Å². The number of hydrogen-bond donors (Lipinski definition) is 2. The van der Waals surface area contributed by atoms with Crippen LogP contribution in [0.2, 0.25) is 0 Å². The highest BCUT2D eigenvalue weighted by atomic mass is 32.2. The summed E-state index contributed by atoms with van der Waals surface area (Å²) in [5.74, 6) is -0.668. The topological polar surface area (TPSA) is 75.3 Å². The van der Waals surface area contributed by atoms with E-state index in [0.717, 1.165) is 22.9 Å². The largest absolute Gasteiger partial charge is 0.348 e. The van der Waals surface area contributed by atoms with E-state index in [-0.39, 0.29) is 23.6 Å². The summed E-state index contributed by atoms with van der Waals surface area (Å²) in [6.07, 6.45) is 0.320. The zero-order chi connectivity index (χ0) is 20.3. The van der Waals surface area contributed by atoms with Gasteiger partial charge in [-0.05, 0) is 41.7 Å². The van der Waals surface area contributed by atoms with Crippen LogP contribution in [-0.4, -0.2) is 22.3 Å². The molecule has 1 unspecified atom stereocenters. The fourth-order valence-corrected chi connectivity index (χ4v) is 3.79. The minimum Gasteiger partial charge on any atom is -0.348 e. The van der Waals surface area contributed by atoms with Gasteiger partial charge in [0, 0.05) is 17.7 Å². The molecule has 1 aliphatic rings. The Morgan fingerprint density at radius 2 is 1.89 bits per heavy atom. The maximum absolute atomic E-state index is 14.1. The summed E-state index contributed by atoms with van der Waals surface area (Å²) in [6, 6.07) is 11.8. The van der Waals surface area contributed by atoms with Crippen molar-refractivity contribution >= 4 is 28.8 Å². The molecule has 28 heavy (non-hydrogen) atoms. The normalized spacial score (nSPS) is 16.4. The first kappa shape index (κ1) is 20.1. The van der Waals surface area contributed by atoms with Crippen molar-refractivity contribution in [2.75, 3.05) is 0 Å². The summed E-state index contributed by atoms with van der Waals surface area (Å²) in [5, 5.41) is 4.08. The quantitative estimate of drug-likeness (QED) is 0.774. The Morgan fingerprint density at radius 3 is 2.50 bits per heavy atom. The Labute approximate surface area is 167 Å². The number of benzene rings is 2. The summed E-state index contributed by atoms with van der Waals surface area (Å²) in [6.45, 7) is 4.19. The van der Waals surface area contributed by atoms with E-state index in [4.69, 9.17) is 0 Å². The van der Waals surface area contributed by atoms with Crippen molar-refractivity contribution in [1.82, 2.24) is 10.6 Å². The Bertz CT molecular complexity index is 912. The number of thioether (sulfide) groups is 1. The lowest BCUT2D eigenvalue weighted by Gasteiger charge is -2.11. The van der Waals surface area contributed by atoms with E-state index in [0.29, 0.717) is 23.5 Å². The second kappa shape index (κ2) is 8.56. The summed E-state index contributed by atoms with van der Waals surface area (Å²) in [4.78, 5) is 35.3. The van der Waals surface area contributed by atoms with Crippen LogP contribution in [0, 0.1) is 5.82 Å². The van der Waals surface area contributed by atoms with Gasteiger partial charge in [0.25, 0.3) is 11.1 Å². The first-order chi connectivity index (χ1) is 13.3. The molecule has 1 heterocycles.